The van der Waals surface area contributed by atoms with Crippen molar-refractivity contribution in [2.75, 3.05) is 5.32 Å². The fourth-order valence-corrected chi connectivity index (χ4v) is 2.57. The molecule has 0 spiro atoms. The van der Waals surface area contributed by atoms with E-state index in [4.69, 9.17) is 5.14 Å². The van der Waals surface area contributed by atoms with Crippen molar-refractivity contribution >= 4 is 33.1 Å². The second-order valence-corrected chi connectivity index (χ2v) is 7.13. The summed E-state index contributed by atoms with van der Waals surface area (Å²) >= 11 is 0. The van der Waals surface area contributed by atoms with Crippen LogP contribution < -0.4 is 10.5 Å². The third-order valence-electron chi connectivity index (χ3n) is 3.49. The summed E-state index contributed by atoms with van der Waals surface area (Å²) in [6.45, 7) is 3.07. The molecule has 0 radical (unpaired) electrons. The van der Waals surface area contributed by atoms with E-state index in [1.165, 1.54) is 31.2 Å². The highest BCUT2D eigenvalue weighted by atomic mass is 32.2. The number of anilines is 1. The first-order valence-electron chi connectivity index (χ1n) is 7.59. The Morgan fingerprint density at radius 2 is 1.69 bits per heavy atom. The molecule has 1 atom stereocenters. The molecule has 2 aromatic carbocycles. The van der Waals surface area contributed by atoms with Crippen LogP contribution in [0.4, 0.5) is 11.4 Å². The van der Waals surface area contributed by atoms with Crippen LogP contribution in [0.15, 0.2) is 63.7 Å². The van der Waals surface area contributed by atoms with E-state index >= 15 is 0 Å². The summed E-state index contributed by atoms with van der Waals surface area (Å²) < 4.78 is 22.4. The molecule has 136 valence electrons. The summed E-state index contributed by atoms with van der Waals surface area (Å²) in [6, 6.07) is 11.1. The Hall–Kier alpha value is -2.91. The van der Waals surface area contributed by atoms with Crippen LogP contribution in [-0.2, 0) is 19.6 Å². The number of carbonyl (C=O) groups is 2. The summed E-state index contributed by atoms with van der Waals surface area (Å²) in [5.74, 6) is -1.07. The molecule has 0 aromatic heterocycles. The quantitative estimate of drug-likeness (QED) is 0.593. The normalized spacial score (nSPS) is 12.7. The van der Waals surface area contributed by atoms with Crippen molar-refractivity contribution in [2.45, 2.75) is 24.8 Å². The van der Waals surface area contributed by atoms with Crippen LogP contribution in [0.25, 0.3) is 0 Å². The van der Waals surface area contributed by atoms with Gasteiger partial charge in [-0.15, -0.1) is 0 Å². The lowest BCUT2D eigenvalue weighted by atomic mass is 10.1. The Kier molecular flexibility index (Phi) is 5.96. The molecule has 3 N–H and O–H groups in total. The number of para-hydroxylation sites is 1. The number of aryl methyl sites for hydroxylation is 1. The van der Waals surface area contributed by atoms with Crippen LogP contribution in [0.5, 0.6) is 0 Å². The number of benzene rings is 2. The molecule has 2 aromatic rings. The van der Waals surface area contributed by atoms with Crippen molar-refractivity contribution in [3.8, 4) is 0 Å². The van der Waals surface area contributed by atoms with Crippen molar-refractivity contribution in [3.63, 3.8) is 0 Å². The lowest BCUT2D eigenvalue weighted by Crippen LogP contribution is -2.32. The van der Waals surface area contributed by atoms with Gasteiger partial charge in [-0.05, 0) is 49.7 Å². The van der Waals surface area contributed by atoms with Crippen molar-refractivity contribution in [2.24, 2.45) is 15.4 Å². The van der Waals surface area contributed by atoms with Crippen LogP contribution in [0.2, 0.25) is 0 Å². The molecular formula is C17H18N4O4S. The number of Topliss-reactive ketones (excluding diaryl/α,β-unsaturated/α-hetero) is 1. The van der Waals surface area contributed by atoms with Gasteiger partial charge < -0.3 is 5.32 Å². The van der Waals surface area contributed by atoms with Gasteiger partial charge in [0, 0.05) is 5.69 Å². The molecule has 0 bridgehead atoms. The summed E-state index contributed by atoms with van der Waals surface area (Å²) in [5.41, 5.74) is 1.71. The number of rotatable bonds is 6. The summed E-state index contributed by atoms with van der Waals surface area (Å²) in [4.78, 5) is 24.0. The second-order valence-electron chi connectivity index (χ2n) is 5.57. The van der Waals surface area contributed by atoms with Gasteiger partial charge in [0.15, 0.2) is 5.78 Å². The highest BCUT2D eigenvalue weighted by molar-refractivity contribution is 7.89. The smallest absolute Gasteiger partial charge is 0.258 e. The Labute approximate surface area is 151 Å². The van der Waals surface area contributed by atoms with Gasteiger partial charge in [0.25, 0.3) is 5.91 Å². The zero-order chi connectivity index (χ0) is 19.3. The standard InChI is InChI=1S/C17H18N4O4S/c1-11-5-3-4-6-15(11)19-17(23)16(12(2)22)21-20-13-7-9-14(10-8-13)26(18,24)25/h3-10,16H,1-2H3,(H,19,23)(H2,18,24,25). The number of hydrogen-bond donors (Lipinski definition) is 2. The molecule has 1 amide bonds. The van der Waals surface area contributed by atoms with Crippen LogP contribution in [-0.4, -0.2) is 26.2 Å². The fourth-order valence-electron chi connectivity index (χ4n) is 2.06. The number of nitrogens with zero attached hydrogens (tertiary/aromatic N) is 2. The van der Waals surface area contributed by atoms with E-state index in [9.17, 15) is 18.0 Å². The number of nitrogens with two attached hydrogens (primary N) is 1. The first kappa shape index (κ1) is 19.4. The van der Waals surface area contributed by atoms with Crippen LogP contribution in [0, 0.1) is 6.92 Å². The Morgan fingerprint density at radius 3 is 2.23 bits per heavy atom. The molecule has 0 fully saturated rings. The van der Waals surface area contributed by atoms with Crippen LogP contribution in [0.3, 0.4) is 0 Å². The van der Waals surface area contributed by atoms with Gasteiger partial charge in [0.1, 0.15) is 0 Å². The van der Waals surface area contributed by atoms with E-state index in [2.05, 4.69) is 15.5 Å². The molecule has 1 unspecified atom stereocenters. The number of primary sulfonamides is 1. The largest absolute Gasteiger partial charge is 0.324 e. The van der Waals surface area contributed by atoms with Crippen LogP contribution >= 0.6 is 0 Å². The van der Waals surface area contributed by atoms with E-state index in [0.29, 0.717) is 5.69 Å². The molecule has 0 aliphatic heterocycles. The Bertz CT molecular complexity index is 953. The topological polar surface area (TPSA) is 131 Å². The third-order valence-corrected chi connectivity index (χ3v) is 4.42. The Balaban J connectivity index is 2.17. The first-order chi connectivity index (χ1) is 12.2. The van der Waals surface area contributed by atoms with E-state index in [1.807, 2.05) is 19.1 Å². The molecule has 26 heavy (non-hydrogen) atoms. The molecule has 0 heterocycles. The van der Waals surface area contributed by atoms with Crippen molar-refractivity contribution in [1.82, 2.24) is 0 Å². The zero-order valence-corrected chi connectivity index (χ0v) is 15.0. The molecule has 0 aliphatic carbocycles. The van der Waals surface area contributed by atoms with Gasteiger partial charge >= 0.3 is 0 Å². The minimum Gasteiger partial charge on any atom is -0.324 e. The lowest BCUT2D eigenvalue weighted by molar-refractivity contribution is -0.126. The van der Waals surface area contributed by atoms with Gasteiger partial charge in [-0.25, -0.2) is 13.6 Å². The van der Waals surface area contributed by atoms with E-state index in [0.717, 1.165) is 5.56 Å². The molecule has 8 nitrogen and oxygen atoms in total. The maximum absolute atomic E-state index is 12.3. The number of sulfonamides is 1. The maximum atomic E-state index is 12.3. The molecule has 0 saturated carbocycles. The van der Waals surface area contributed by atoms with Gasteiger partial charge in [-0.2, -0.15) is 10.2 Å². The van der Waals surface area contributed by atoms with Crippen molar-refractivity contribution < 1.29 is 18.0 Å². The monoisotopic (exact) mass is 374 g/mol. The molecular weight excluding hydrogens is 356 g/mol. The summed E-state index contributed by atoms with van der Waals surface area (Å²) in [7, 11) is -3.81. The molecule has 0 aliphatic rings. The van der Waals surface area contributed by atoms with E-state index in [1.54, 1.807) is 12.1 Å². The van der Waals surface area contributed by atoms with Gasteiger partial charge in [-0.3, -0.25) is 9.59 Å². The SMILES string of the molecule is CC(=O)C(N=Nc1ccc(S(N)(=O)=O)cc1)C(=O)Nc1ccccc1C. The zero-order valence-electron chi connectivity index (χ0n) is 14.2. The van der Waals surface area contributed by atoms with Gasteiger partial charge in [-0.1, -0.05) is 18.2 Å². The predicted octanol–water partition coefficient (Wildman–Crippen LogP) is 2.32. The second kappa shape index (κ2) is 7.98. The number of nitrogens with one attached hydrogen (secondary N) is 1. The fraction of sp³-hybridized carbons (Fsp3) is 0.176. The Morgan fingerprint density at radius 1 is 1.08 bits per heavy atom. The summed E-state index contributed by atoms with van der Waals surface area (Å²) in [6.07, 6.45) is 0. The van der Waals surface area contributed by atoms with Gasteiger partial charge in [0.2, 0.25) is 16.1 Å². The number of azo groups is 1. The van der Waals surface area contributed by atoms with Crippen LogP contribution in [0.1, 0.15) is 12.5 Å². The van der Waals surface area contributed by atoms with Gasteiger partial charge in [0.05, 0.1) is 10.6 Å². The number of carbonyl (C=O) groups excluding carboxylic acids is 2. The maximum Gasteiger partial charge on any atom is 0.258 e. The minimum atomic E-state index is -3.81. The van der Waals surface area contributed by atoms with Crippen molar-refractivity contribution in [3.05, 3.63) is 54.1 Å². The van der Waals surface area contributed by atoms with Crippen molar-refractivity contribution in [1.29, 1.82) is 0 Å². The molecule has 9 heteroatoms. The predicted molar refractivity (Wildman–Crippen MR) is 96.6 cm³/mol. The number of ketones is 1. The third kappa shape index (κ3) is 5.04. The minimum absolute atomic E-state index is 0.0723. The molecule has 2 rings (SSSR count). The number of hydrogen-bond acceptors (Lipinski definition) is 6. The summed E-state index contributed by atoms with van der Waals surface area (Å²) in [5, 5.41) is 15.3. The average Bonchev–Trinajstić information content (AvgIpc) is 2.56. The highest BCUT2D eigenvalue weighted by Gasteiger charge is 2.23. The number of amides is 1. The first-order valence-corrected chi connectivity index (χ1v) is 9.14. The highest BCUT2D eigenvalue weighted by Crippen LogP contribution is 2.18. The van der Waals surface area contributed by atoms with E-state index in [-0.39, 0.29) is 10.6 Å². The molecule has 0 saturated heterocycles. The average molecular weight is 374 g/mol. The lowest BCUT2D eigenvalue weighted by Gasteiger charge is -2.11. The van der Waals surface area contributed by atoms with E-state index < -0.39 is 27.8 Å².